The smallest absolute Gasteiger partial charge is 0.245 e. The van der Waals surface area contributed by atoms with Crippen molar-refractivity contribution in [2.24, 2.45) is 5.92 Å². The molecule has 2 aliphatic heterocycles. The predicted octanol–water partition coefficient (Wildman–Crippen LogP) is 1.23. The summed E-state index contributed by atoms with van der Waals surface area (Å²) in [6.45, 7) is 6.95. The van der Waals surface area contributed by atoms with Gasteiger partial charge in [-0.05, 0) is 58.2 Å². The van der Waals surface area contributed by atoms with E-state index in [1.54, 1.807) is 0 Å². The SMILES string of the molecule is CCC1NC(=O)C(CC)N(CCC2CCN(C)CC2)C1=O. The summed E-state index contributed by atoms with van der Waals surface area (Å²) in [5.41, 5.74) is 0. The molecule has 2 rings (SSSR count). The Labute approximate surface area is 128 Å². The number of hydrogen-bond acceptors (Lipinski definition) is 3. The molecule has 2 heterocycles. The van der Waals surface area contributed by atoms with Crippen molar-refractivity contribution in [3.63, 3.8) is 0 Å². The molecular weight excluding hydrogens is 266 g/mol. The van der Waals surface area contributed by atoms with Gasteiger partial charge >= 0.3 is 0 Å². The molecule has 2 unspecified atom stereocenters. The number of carbonyl (C=O) groups excluding carboxylic acids is 2. The summed E-state index contributed by atoms with van der Waals surface area (Å²) in [4.78, 5) is 28.8. The molecule has 1 N–H and O–H groups in total. The normalized spacial score (nSPS) is 28.8. The molecule has 2 fully saturated rings. The average Bonchev–Trinajstić information content (AvgIpc) is 2.49. The third-order valence-corrected chi connectivity index (χ3v) is 4.99. The first kappa shape index (κ1) is 16.3. The van der Waals surface area contributed by atoms with Crippen LogP contribution in [0.25, 0.3) is 0 Å². The van der Waals surface area contributed by atoms with Crippen molar-refractivity contribution < 1.29 is 9.59 Å². The van der Waals surface area contributed by atoms with Gasteiger partial charge in [0.2, 0.25) is 11.8 Å². The lowest BCUT2D eigenvalue weighted by Crippen LogP contribution is -2.63. The molecule has 0 radical (unpaired) electrons. The standard InChI is InChI=1S/C16H29N3O2/c1-4-13-16(21)19(14(5-2)15(20)17-13)11-8-12-6-9-18(3)10-7-12/h12-14H,4-11H2,1-3H3,(H,17,20). The molecule has 2 aliphatic rings. The van der Waals surface area contributed by atoms with Gasteiger partial charge in [0.15, 0.2) is 0 Å². The average molecular weight is 295 g/mol. The van der Waals surface area contributed by atoms with Crippen LogP contribution in [0.3, 0.4) is 0 Å². The van der Waals surface area contributed by atoms with Crippen LogP contribution in [-0.4, -0.2) is 60.4 Å². The molecular formula is C16H29N3O2. The van der Waals surface area contributed by atoms with Crippen LogP contribution in [0.1, 0.15) is 46.0 Å². The van der Waals surface area contributed by atoms with Crippen LogP contribution in [0.5, 0.6) is 0 Å². The molecule has 0 bridgehead atoms. The second kappa shape index (κ2) is 7.25. The van der Waals surface area contributed by atoms with Crippen LogP contribution >= 0.6 is 0 Å². The minimum atomic E-state index is -0.321. The van der Waals surface area contributed by atoms with Crippen LogP contribution in [0.15, 0.2) is 0 Å². The summed E-state index contributed by atoms with van der Waals surface area (Å²) in [5, 5.41) is 2.85. The van der Waals surface area contributed by atoms with E-state index in [1.165, 1.54) is 12.8 Å². The second-order valence-electron chi connectivity index (χ2n) is 6.46. The molecule has 0 aliphatic carbocycles. The lowest BCUT2D eigenvalue weighted by Gasteiger charge is -2.39. The van der Waals surface area contributed by atoms with Gasteiger partial charge in [-0.1, -0.05) is 13.8 Å². The van der Waals surface area contributed by atoms with Gasteiger partial charge in [0.1, 0.15) is 12.1 Å². The Kier molecular flexibility index (Phi) is 5.62. The fourth-order valence-corrected chi connectivity index (χ4v) is 3.45. The van der Waals surface area contributed by atoms with E-state index in [0.717, 1.165) is 26.1 Å². The predicted molar refractivity (Wildman–Crippen MR) is 82.9 cm³/mol. The van der Waals surface area contributed by atoms with Crippen molar-refractivity contribution in [1.82, 2.24) is 15.1 Å². The number of rotatable bonds is 5. The van der Waals surface area contributed by atoms with E-state index in [2.05, 4.69) is 17.3 Å². The monoisotopic (exact) mass is 295 g/mol. The first-order valence-corrected chi connectivity index (χ1v) is 8.36. The van der Waals surface area contributed by atoms with E-state index in [9.17, 15) is 9.59 Å². The summed E-state index contributed by atoms with van der Waals surface area (Å²) in [5.74, 6) is 0.820. The summed E-state index contributed by atoms with van der Waals surface area (Å²) in [6.07, 6.45) is 4.81. The van der Waals surface area contributed by atoms with Crippen molar-refractivity contribution >= 4 is 11.8 Å². The van der Waals surface area contributed by atoms with Gasteiger partial charge in [0, 0.05) is 6.54 Å². The third-order valence-electron chi connectivity index (χ3n) is 4.99. The van der Waals surface area contributed by atoms with E-state index in [4.69, 9.17) is 0 Å². The number of likely N-dealkylation sites (tertiary alicyclic amines) is 1. The lowest BCUT2D eigenvalue weighted by atomic mass is 9.92. The Balaban J connectivity index is 1.94. The van der Waals surface area contributed by atoms with Gasteiger partial charge in [-0.2, -0.15) is 0 Å². The molecule has 2 amide bonds. The zero-order valence-corrected chi connectivity index (χ0v) is 13.6. The van der Waals surface area contributed by atoms with Crippen LogP contribution in [0, 0.1) is 5.92 Å². The van der Waals surface area contributed by atoms with Crippen LogP contribution < -0.4 is 5.32 Å². The van der Waals surface area contributed by atoms with Crippen molar-refractivity contribution in [3.05, 3.63) is 0 Å². The molecule has 5 nitrogen and oxygen atoms in total. The number of piperidine rings is 1. The molecule has 120 valence electrons. The number of amides is 2. The van der Waals surface area contributed by atoms with Gasteiger partial charge in [0.05, 0.1) is 0 Å². The highest BCUT2D eigenvalue weighted by Crippen LogP contribution is 2.22. The van der Waals surface area contributed by atoms with Gasteiger partial charge in [0.25, 0.3) is 0 Å². The highest BCUT2D eigenvalue weighted by molar-refractivity contribution is 5.96. The topological polar surface area (TPSA) is 52.7 Å². The molecule has 2 saturated heterocycles. The van der Waals surface area contributed by atoms with E-state index in [0.29, 0.717) is 18.8 Å². The largest absolute Gasteiger partial charge is 0.343 e. The van der Waals surface area contributed by atoms with Crippen LogP contribution in [0.4, 0.5) is 0 Å². The fraction of sp³-hybridized carbons (Fsp3) is 0.875. The molecule has 0 saturated carbocycles. The van der Waals surface area contributed by atoms with Crippen LogP contribution in [0.2, 0.25) is 0 Å². The Bertz CT molecular complexity index is 378. The Hall–Kier alpha value is -1.10. The Morgan fingerprint density at radius 1 is 1.14 bits per heavy atom. The van der Waals surface area contributed by atoms with Gasteiger partial charge < -0.3 is 15.1 Å². The maximum atomic E-state index is 12.5. The Morgan fingerprint density at radius 2 is 1.81 bits per heavy atom. The minimum Gasteiger partial charge on any atom is -0.343 e. The molecule has 0 aromatic heterocycles. The van der Waals surface area contributed by atoms with E-state index in [-0.39, 0.29) is 23.9 Å². The first-order chi connectivity index (χ1) is 10.1. The van der Waals surface area contributed by atoms with Gasteiger partial charge in [-0.3, -0.25) is 9.59 Å². The summed E-state index contributed by atoms with van der Waals surface area (Å²) in [7, 11) is 2.16. The number of carbonyl (C=O) groups is 2. The summed E-state index contributed by atoms with van der Waals surface area (Å²) in [6, 6.07) is -0.593. The quantitative estimate of drug-likeness (QED) is 0.830. The molecule has 21 heavy (non-hydrogen) atoms. The van der Waals surface area contributed by atoms with E-state index >= 15 is 0 Å². The van der Waals surface area contributed by atoms with Gasteiger partial charge in [-0.15, -0.1) is 0 Å². The van der Waals surface area contributed by atoms with Crippen molar-refractivity contribution in [2.75, 3.05) is 26.7 Å². The maximum absolute atomic E-state index is 12.5. The van der Waals surface area contributed by atoms with Crippen molar-refractivity contribution in [1.29, 1.82) is 0 Å². The maximum Gasteiger partial charge on any atom is 0.245 e. The van der Waals surface area contributed by atoms with Crippen molar-refractivity contribution in [2.45, 2.75) is 58.0 Å². The van der Waals surface area contributed by atoms with E-state index < -0.39 is 0 Å². The first-order valence-electron chi connectivity index (χ1n) is 8.36. The number of piperazine rings is 1. The molecule has 0 spiro atoms. The number of hydrogen-bond donors (Lipinski definition) is 1. The highest BCUT2D eigenvalue weighted by atomic mass is 16.2. The zero-order valence-electron chi connectivity index (χ0n) is 13.6. The Morgan fingerprint density at radius 3 is 2.38 bits per heavy atom. The lowest BCUT2D eigenvalue weighted by molar-refractivity contribution is -0.149. The number of nitrogens with zero attached hydrogens (tertiary/aromatic N) is 2. The fourth-order valence-electron chi connectivity index (χ4n) is 3.45. The van der Waals surface area contributed by atoms with Crippen LogP contribution in [-0.2, 0) is 9.59 Å². The zero-order chi connectivity index (χ0) is 15.4. The molecule has 0 aromatic rings. The van der Waals surface area contributed by atoms with Gasteiger partial charge in [-0.25, -0.2) is 0 Å². The summed E-state index contributed by atoms with van der Waals surface area (Å²) >= 11 is 0. The van der Waals surface area contributed by atoms with Crippen molar-refractivity contribution in [3.8, 4) is 0 Å². The minimum absolute atomic E-state index is 0.0207. The third kappa shape index (κ3) is 3.76. The molecule has 2 atom stereocenters. The van der Waals surface area contributed by atoms with E-state index in [1.807, 2.05) is 18.7 Å². The second-order valence-corrected chi connectivity index (χ2v) is 6.46. The molecule has 5 heteroatoms. The highest BCUT2D eigenvalue weighted by Gasteiger charge is 2.38. The number of nitrogens with one attached hydrogen (secondary N) is 1. The molecule has 0 aromatic carbocycles. The summed E-state index contributed by atoms with van der Waals surface area (Å²) < 4.78 is 0.